The molecule has 2 aliphatic rings. The van der Waals surface area contributed by atoms with Gasteiger partial charge in [-0.2, -0.15) is 0 Å². The number of amides is 1. The zero-order valence-corrected chi connectivity index (χ0v) is 14.2. The van der Waals surface area contributed by atoms with Crippen molar-refractivity contribution in [2.75, 3.05) is 7.11 Å². The van der Waals surface area contributed by atoms with E-state index in [2.05, 4.69) is 28.2 Å². The summed E-state index contributed by atoms with van der Waals surface area (Å²) in [6, 6.07) is 5.73. The van der Waals surface area contributed by atoms with Crippen LogP contribution in [-0.4, -0.2) is 19.1 Å². The average molecular weight is 352 g/mol. The molecule has 2 saturated carbocycles. The minimum absolute atomic E-state index is 0.0175. The topological polar surface area (TPSA) is 38.3 Å². The fourth-order valence-corrected chi connectivity index (χ4v) is 4.53. The fraction of sp³-hybridized carbons (Fsp3) is 0.588. The maximum absolute atomic E-state index is 12.5. The monoisotopic (exact) mass is 351 g/mol. The summed E-state index contributed by atoms with van der Waals surface area (Å²) in [6.45, 7) is 2.15. The highest BCUT2D eigenvalue weighted by molar-refractivity contribution is 9.10. The molecule has 1 aromatic carbocycles. The van der Waals surface area contributed by atoms with Crippen molar-refractivity contribution in [1.29, 1.82) is 0 Å². The first-order valence-electron chi connectivity index (χ1n) is 7.73. The first-order valence-corrected chi connectivity index (χ1v) is 8.52. The minimum Gasteiger partial charge on any atom is -0.497 e. The molecule has 3 rings (SSSR count). The van der Waals surface area contributed by atoms with Gasteiger partial charge in [0.25, 0.3) is 5.91 Å². The second-order valence-electron chi connectivity index (χ2n) is 6.45. The second-order valence-corrected chi connectivity index (χ2v) is 7.30. The fourth-order valence-electron chi connectivity index (χ4n) is 4.10. The second kappa shape index (κ2) is 5.99. The van der Waals surface area contributed by atoms with Crippen molar-refractivity contribution in [3.63, 3.8) is 0 Å². The Morgan fingerprint density at radius 2 is 2.19 bits per heavy atom. The van der Waals surface area contributed by atoms with Crippen LogP contribution in [0.15, 0.2) is 22.7 Å². The van der Waals surface area contributed by atoms with E-state index in [1.807, 2.05) is 12.1 Å². The molecule has 0 heterocycles. The minimum atomic E-state index is -0.0175. The van der Waals surface area contributed by atoms with Crippen LogP contribution in [0.2, 0.25) is 0 Å². The maximum atomic E-state index is 12.5. The van der Waals surface area contributed by atoms with E-state index >= 15 is 0 Å². The predicted molar refractivity (Wildman–Crippen MR) is 86.6 cm³/mol. The highest BCUT2D eigenvalue weighted by Crippen LogP contribution is 2.49. The predicted octanol–water partition coefficient (Wildman–Crippen LogP) is 4.01. The summed E-state index contributed by atoms with van der Waals surface area (Å²) < 4.78 is 6.01. The average Bonchev–Trinajstić information content (AvgIpc) is 3.10. The molecule has 1 aromatic rings. The van der Waals surface area contributed by atoms with E-state index in [-0.39, 0.29) is 11.9 Å². The molecule has 1 amide bonds. The number of halogens is 1. The molecule has 2 bridgehead atoms. The molecular formula is C17H22BrNO2. The van der Waals surface area contributed by atoms with Gasteiger partial charge in [-0.1, -0.05) is 6.42 Å². The van der Waals surface area contributed by atoms with Crippen LogP contribution >= 0.6 is 15.9 Å². The molecule has 0 radical (unpaired) electrons. The van der Waals surface area contributed by atoms with Crippen molar-refractivity contribution >= 4 is 21.8 Å². The largest absolute Gasteiger partial charge is 0.497 e. The van der Waals surface area contributed by atoms with Crippen LogP contribution in [0.3, 0.4) is 0 Å². The van der Waals surface area contributed by atoms with Crippen LogP contribution < -0.4 is 10.1 Å². The molecule has 2 fully saturated rings. The van der Waals surface area contributed by atoms with Crippen LogP contribution in [-0.2, 0) is 0 Å². The Balaban J connectivity index is 1.68. The van der Waals surface area contributed by atoms with E-state index in [1.165, 1.54) is 25.7 Å². The number of hydrogen-bond donors (Lipinski definition) is 1. The number of carbonyl (C=O) groups excluding carboxylic acids is 1. The molecule has 114 valence electrons. The van der Waals surface area contributed by atoms with Crippen molar-refractivity contribution in [3.05, 3.63) is 28.2 Å². The normalized spacial score (nSPS) is 28.4. The van der Waals surface area contributed by atoms with E-state index < -0.39 is 0 Å². The molecule has 0 aromatic heterocycles. The van der Waals surface area contributed by atoms with Crippen molar-refractivity contribution in [2.45, 2.75) is 38.6 Å². The molecule has 0 unspecified atom stereocenters. The number of methoxy groups -OCH3 is 1. The van der Waals surface area contributed by atoms with Gasteiger partial charge in [-0.15, -0.1) is 0 Å². The van der Waals surface area contributed by atoms with E-state index in [0.717, 1.165) is 16.3 Å². The van der Waals surface area contributed by atoms with Gasteiger partial charge in [0.1, 0.15) is 5.75 Å². The molecule has 4 atom stereocenters. The van der Waals surface area contributed by atoms with Gasteiger partial charge < -0.3 is 10.1 Å². The van der Waals surface area contributed by atoms with Crippen molar-refractivity contribution < 1.29 is 9.53 Å². The SMILES string of the molecule is COc1ccc(Br)c(C(=O)N[C@H](C)[C@H]2C[C@H]3CC[C@H]2C3)c1. The molecule has 2 aliphatic carbocycles. The number of ether oxygens (including phenoxy) is 1. The number of hydrogen-bond acceptors (Lipinski definition) is 2. The molecule has 0 aliphatic heterocycles. The van der Waals surface area contributed by atoms with Crippen LogP contribution in [0.5, 0.6) is 5.75 Å². The summed E-state index contributed by atoms with van der Waals surface area (Å²) >= 11 is 3.45. The highest BCUT2D eigenvalue weighted by Gasteiger charge is 2.42. The smallest absolute Gasteiger partial charge is 0.252 e. The van der Waals surface area contributed by atoms with Crippen molar-refractivity contribution in [1.82, 2.24) is 5.32 Å². The molecule has 0 saturated heterocycles. The third-order valence-electron chi connectivity index (χ3n) is 5.21. The van der Waals surface area contributed by atoms with Crippen molar-refractivity contribution in [2.24, 2.45) is 17.8 Å². The number of benzene rings is 1. The maximum Gasteiger partial charge on any atom is 0.252 e. The Labute approximate surface area is 134 Å². The van der Waals surface area contributed by atoms with Gasteiger partial charge in [-0.25, -0.2) is 0 Å². The summed E-state index contributed by atoms with van der Waals surface area (Å²) in [7, 11) is 1.61. The number of carbonyl (C=O) groups is 1. The van der Waals surface area contributed by atoms with Gasteiger partial charge >= 0.3 is 0 Å². The van der Waals surface area contributed by atoms with Gasteiger partial charge in [0, 0.05) is 10.5 Å². The molecule has 21 heavy (non-hydrogen) atoms. The Morgan fingerprint density at radius 1 is 1.38 bits per heavy atom. The summed E-state index contributed by atoms with van der Waals surface area (Å²) in [5.74, 6) is 3.06. The Kier molecular flexibility index (Phi) is 4.25. The summed E-state index contributed by atoms with van der Waals surface area (Å²) in [5, 5.41) is 3.19. The summed E-state index contributed by atoms with van der Waals surface area (Å²) in [5.41, 5.74) is 0.643. The first kappa shape index (κ1) is 14.9. The van der Waals surface area contributed by atoms with Crippen LogP contribution in [0, 0.1) is 17.8 Å². The van der Waals surface area contributed by atoms with Gasteiger partial charge in [0.15, 0.2) is 0 Å². The standard InChI is InChI=1S/C17H22BrNO2/c1-10(14-8-11-3-4-12(14)7-11)19-17(20)15-9-13(21-2)5-6-16(15)18/h5-6,9-12,14H,3-4,7-8H2,1-2H3,(H,19,20)/t10-,11+,12+,14-/m1/s1. The molecular weight excluding hydrogens is 330 g/mol. The quantitative estimate of drug-likeness (QED) is 0.889. The summed E-state index contributed by atoms with van der Waals surface area (Å²) in [4.78, 5) is 12.5. The lowest BCUT2D eigenvalue weighted by molar-refractivity contribution is 0.0914. The van der Waals surface area contributed by atoms with E-state index in [4.69, 9.17) is 4.74 Å². The lowest BCUT2D eigenvalue weighted by Crippen LogP contribution is -2.40. The van der Waals surface area contributed by atoms with Gasteiger partial charge in [-0.3, -0.25) is 4.79 Å². The lowest BCUT2D eigenvalue weighted by Gasteiger charge is -2.28. The van der Waals surface area contributed by atoms with Crippen molar-refractivity contribution in [3.8, 4) is 5.75 Å². The van der Waals surface area contributed by atoms with Gasteiger partial charge in [0.05, 0.1) is 12.7 Å². The Morgan fingerprint density at radius 3 is 2.81 bits per heavy atom. The molecule has 4 heteroatoms. The Hall–Kier alpha value is -1.03. The summed E-state index contributed by atoms with van der Waals surface area (Å²) in [6.07, 6.45) is 5.39. The third kappa shape index (κ3) is 2.96. The number of fused-ring (bicyclic) bond motifs is 2. The molecule has 0 spiro atoms. The molecule has 1 N–H and O–H groups in total. The van der Waals surface area contributed by atoms with Crippen LogP contribution in [0.4, 0.5) is 0 Å². The van der Waals surface area contributed by atoms with Crippen LogP contribution in [0.25, 0.3) is 0 Å². The molecule has 3 nitrogen and oxygen atoms in total. The van der Waals surface area contributed by atoms with Gasteiger partial charge in [-0.05, 0) is 78.1 Å². The Bertz CT molecular complexity index is 546. The zero-order valence-electron chi connectivity index (χ0n) is 12.6. The van der Waals surface area contributed by atoms with E-state index in [0.29, 0.717) is 17.2 Å². The van der Waals surface area contributed by atoms with Crippen LogP contribution in [0.1, 0.15) is 43.0 Å². The third-order valence-corrected chi connectivity index (χ3v) is 5.90. The number of nitrogens with one attached hydrogen (secondary N) is 1. The van der Waals surface area contributed by atoms with E-state index in [1.54, 1.807) is 13.2 Å². The number of rotatable bonds is 4. The van der Waals surface area contributed by atoms with Gasteiger partial charge in [0.2, 0.25) is 0 Å². The first-order chi connectivity index (χ1) is 10.1. The highest BCUT2D eigenvalue weighted by atomic mass is 79.9. The zero-order chi connectivity index (χ0) is 15.0. The van der Waals surface area contributed by atoms with E-state index in [9.17, 15) is 4.79 Å². The lowest BCUT2D eigenvalue weighted by atomic mass is 9.84.